The van der Waals surface area contributed by atoms with E-state index in [4.69, 9.17) is 5.73 Å². The van der Waals surface area contributed by atoms with Crippen molar-refractivity contribution >= 4 is 0 Å². The van der Waals surface area contributed by atoms with Gasteiger partial charge in [-0.15, -0.1) is 0 Å². The number of rotatable bonds is 4. The van der Waals surface area contributed by atoms with Crippen LogP contribution in [0, 0.1) is 12.8 Å². The van der Waals surface area contributed by atoms with Gasteiger partial charge in [0.05, 0.1) is 12.2 Å². The number of nitrogens with two attached hydrogens (primary N) is 1. The number of likely N-dealkylation sites (N-methyl/N-ethyl adjacent to an activating group) is 1. The van der Waals surface area contributed by atoms with E-state index in [-0.39, 0.29) is 0 Å². The van der Waals surface area contributed by atoms with Crippen molar-refractivity contribution in [2.45, 2.75) is 25.9 Å². The summed E-state index contributed by atoms with van der Waals surface area (Å²) in [7, 11) is 6.32. The number of likely N-dealkylation sites (tertiary alicyclic amines) is 1. The monoisotopic (exact) mass is 265 g/mol. The Kier molecular flexibility index (Phi) is 4.28. The van der Waals surface area contributed by atoms with Crippen molar-refractivity contribution in [3.63, 3.8) is 0 Å². The summed E-state index contributed by atoms with van der Waals surface area (Å²) < 4.78 is 1.93. The van der Waals surface area contributed by atoms with Gasteiger partial charge in [-0.2, -0.15) is 5.10 Å². The minimum Gasteiger partial charge on any atom is -0.329 e. The van der Waals surface area contributed by atoms with E-state index in [1.165, 1.54) is 11.3 Å². The molecule has 5 nitrogen and oxygen atoms in total. The van der Waals surface area contributed by atoms with Crippen LogP contribution in [0.25, 0.3) is 0 Å². The summed E-state index contributed by atoms with van der Waals surface area (Å²) in [5, 5.41) is 4.35. The molecule has 1 aromatic heterocycles. The van der Waals surface area contributed by atoms with E-state index in [2.05, 4.69) is 42.8 Å². The predicted octanol–water partition coefficient (Wildman–Crippen LogP) is 0.610. The van der Waals surface area contributed by atoms with Crippen LogP contribution in [-0.4, -0.2) is 59.4 Å². The molecule has 2 N–H and O–H groups in total. The van der Waals surface area contributed by atoms with Crippen LogP contribution in [0.3, 0.4) is 0 Å². The second kappa shape index (κ2) is 5.61. The maximum absolute atomic E-state index is 6.04. The van der Waals surface area contributed by atoms with Gasteiger partial charge in [0.25, 0.3) is 0 Å². The minimum atomic E-state index is 0.293. The standard InChI is InChI=1S/C14H27N5/c1-10-8-19(9-14(10)17(3)4)13(6-15)12-7-16-18(5)11(12)2/h7,10,13-14H,6,8-9,15H2,1-5H3. The van der Waals surface area contributed by atoms with E-state index >= 15 is 0 Å². The van der Waals surface area contributed by atoms with Crippen molar-refractivity contribution < 1.29 is 0 Å². The molecule has 1 aromatic rings. The molecule has 3 unspecified atom stereocenters. The Hall–Kier alpha value is -0.910. The van der Waals surface area contributed by atoms with Crippen molar-refractivity contribution in [3.8, 4) is 0 Å². The maximum atomic E-state index is 6.04. The Labute approximate surface area is 116 Å². The van der Waals surface area contributed by atoms with Gasteiger partial charge >= 0.3 is 0 Å². The van der Waals surface area contributed by atoms with Crippen LogP contribution in [-0.2, 0) is 7.05 Å². The van der Waals surface area contributed by atoms with Crippen LogP contribution in [0.4, 0.5) is 0 Å². The number of hydrogen-bond donors (Lipinski definition) is 1. The molecular formula is C14H27N5. The number of nitrogens with zero attached hydrogens (tertiary/aromatic N) is 4. The zero-order valence-corrected chi connectivity index (χ0v) is 12.8. The molecule has 1 aliphatic heterocycles. The van der Waals surface area contributed by atoms with Gasteiger partial charge in [-0.1, -0.05) is 6.92 Å². The van der Waals surface area contributed by atoms with E-state index in [0.29, 0.717) is 24.5 Å². The zero-order chi connectivity index (χ0) is 14.2. The van der Waals surface area contributed by atoms with Crippen molar-refractivity contribution in [2.75, 3.05) is 33.7 Å². The van der Waals surface area contributed by atoms with E-state index in [0.717, 1.165) is 13.1 Å². The fourth-order valence-corrected chi connectivity index (χ4v) is 3.23. The second-order valence-electron chi connectivity index (χ2n) is 6.02. The lowest BCUT2D eigenvalue weighted by Gasteiger charge is -2.27. The highest BCUT2D eigenvalue weighted by Gasteiger charge is 2.35. The van der Waals surface area contributed by atoms with Gasteiger partial charge in [-0.25, -0.2) is 0 Å². The Morgan fingerprint density at radius 3 is 2.58 bits per heavy atom. The van der Waals surface area contributed by atoms with Crippen LogP contribution in [0.1, 0.15) is 24.2 Å². The first-order valence-corrected chi connectivity index (χ1v) is 7.04. The quantitative estimate of drug-likeness (QED) is 0.866. The lowest BCUT2D eigenvalue weighted by molar-refractivity contribution is 0.219. The molecule has 3 atom stereocenters. The summed E-state index contributed by atoms with van der Waals surface area (Å²) in [6, 6.07) is 0.909. The van der Waals surface area contributed by atoms with Crippen molar-refractivity contribution in [2.24, 2.45) is 18.7 Å². The van der Waals surface area contributed by atoms with Crippen LogP contribution >= 0.6 is 0 Å². The summed E-state index contributed by atoms with van der Waals surface area (Å²) in [4.78, 5) is 4.84. The van der Waals surface area contributed by atoms with E-state index in [9.17, 15) is 0 Å². The first kappa shape index (κ1) is 14.5. The summed E-state index contributed by atoms with van der Waals surface area (Å²) in [5.41, 5.74) is 8.53. The van der Waals surface area contributed by atoms with Crippen molar-refractivity contribution in [1.82, 2.24) is 19.6 Å². The molecule has 1 saturated heterocycles. The second-order valence-corrected chi connectivity index (χ2v) is 6.02. The molecule has 0 aromatic carbocycles. The molecule has 0 bridgehead atoms. The molecule has 0 amide bonds. The number of aromatic nitrogens is 2. The van der Waals surface area contributed by atoms with Gasteiger partial charge in [-0.05, 0) is 26.9 Å². The molecule has 0 aliphatic carbocycles. The zero-order valence-electron chi connectivity index (χ0n) is 12.8. The molecule has 108 valence electrons. The molecule has 5 heteroatoms. The molecule has 2 rings (SSSR count). The highest BCUT2D eigenvalue weighted by Crippen LogP contribution is 2.30. The molecule has 19 heavy (non-hydrogen) atoms. The summed E-state index contributed by atoms with van der Waals surface area (Å²) >= 11 is 0. The highest BCUT2D eigenvalue weighted by molar-refractivity contribution is 5.21. The lowest BCUT2D eigenvalue weighted by Crippen LogP contribution is -2.36. The summed E-state index contributed by atoms with van der Waals surface area (Å²) in [5.74, 6) is 0.682. The Morgan fingerprint density at radius 2 is 2.16 bits per heavy atom. The first-order chi connectivity index (χ1) is 8.95. The molecule has 0 spiro atoms. The van der Waals surface area contributed by atoms with Gasteiger partial charge in [0.15, 0.2) is 0 Å². The largest absolute Gasteiger partial charge is 0.329 e. The summed E-state index contributed by atoms with van der Waals surface area (Å²) in [6.07, 6.45) is 1.97. The van der Waals surface area contributed by atoms with Gasteiger partial charge in [-0.3, -0.25) is 9.58 Å². The third-order valence-electron chi connectivity index (χ3n) is 4.56. The van der Waals surface area contributed by atoms with Crippen molar-refractivity contribution in [3.05, 3.63) is 17.5 Å². The topological polar surface area (TPSA) is 50.3 Å². The molecule has 2 heterocycles. The maximum Gasteiger partial charge on any atom is 0.0540 e. The van der Waals surface area contributed by atoms with Crippen molar-refractivity contribution in [1.29, 1.82) is 0 Å². The average Bonchev–Trinajstić information content (AvgIpc) is 2.88. The minimum absolute atomic E-state index is 0.293. The van der Waals surface area contributed by atoms with Gasteiger partial charge in [0.2, 0.25) is 0 Å². The average molecular weight is 265 g/mol. The molecule has 1 fully saturated rings. The molecule has 1 aliphatic rings. The fraction of sp³-hybridized carbons (Fsp3) is 0.786. The van der Waals surface area contributed by atoms with Crippen LogP contribution < -0.4 is 5.73 Å². The predicted molar refractivity (Wildman–Crippen MR) is 78.0 cm³/mol. The molecular weight excluding hydrogens is 238 g/mol. The van der Waals surface area contributed by atoms with Crippen LogP contribution in [0.5, 0.6) is 0 Å². The third-order valence-corrected chi connectivity index (χ3v) is 4.56. The van der Waals surface area contributed by atoms with Gasteiger partial charge in [0, 0.05) is 44.0 Å². The smallest absolute Gasteiger partial charge is 0.0540 e. The third kappa shape index (κ3) is 2.68. The summed E-state index contributed by atoms with van der Waals surface area (Å²) in [6.45, 7) is 7.30. The Morgan fingerprint density at radius 1 is 1.47 bits per heavy atom. The first-order valence-electron chi connectivity index (χ1n) is 7.04. The van der Waals surface area contributed by atoms with E-state index in [1.807, 2.05) is 17.9 Å². The SMILES string of the molecule is Cc1c(C(CN)N2CC(C)C(N(C)C)C2)cnn1C. The molecule has 0 radical (unpaired) electrons. The van der Waals surface area contributed by atoms with E-state index in [1.54, 1.807) is 0 Å². The number of hydrogen-bond acceptors (Lipinski definition) is 4. The normalized spacial score (nSPS) is 26.3. The Balaban J connectivity index is 2.18. The highest BCUT2D eigenvalue weighted by atomic mass is 15.3. The van der Waals surface area contributed by atoms with E-state index < -0.39 is 0 Å². The number of aryl methyl sites for hydroxylation is 1. The van der Waals surface area contributed by atoms with Crippen LogP contribution in [0.2, 0.25) is 0 Å². The Bertz CT molecular complexity index is 425. The van der Waals surface area contributed by atoms with Gasteiger partial charge < -0.3 is 10.6 Å². The fourth-order valence-electron chi connectivity index (χ4n) is 3.23. The van der Waals surface area contributed by atoms with Gasteiger partial charge in [0.1, 0.15) is 0 Å². The lowest BCUT2D eigenvalue weighted by atomic mass is 10.1. The molecule has 0 saturated carbocycles. The van der Waals surface area contributed by atoms with Crippen LogP contribution in [0.15, 0.2) is 6.20 Å².